The third kappa shape index (κ3) is 3.19. The first-order valence-electron chi connectivity index (χ1n) is 10.4. The van der Waals surface area contributed by atoms with E-state index in [9.17, 15) is 8.78 Å². The Hall–Kier alpha value is -3.82. The molecule has 5 heterocycles. The van der Waals surface area contributed by atoms with Crippen LogP contribution in [-0.4, -0.2) is 46.8 Å². The van der Waals surface area contributed by atoms with Crippen LogP contribution in [0.3, 0.4) is 0 Å². The molecule has 5 aromatic rings. The number of aryl methyl sites for hydroxylation is 1. The topological polar surface area (TPSA) is 88.7 Å². The van der Waals surface area contributed by atoms with Crippen molar-refractivity contribution in [2.75, 3.05) is 11.9 Å². The second-order valence-electron chi connectivity index (χ2n) is 8.25. The number of hydrogen-bond donors (Lipinski definition) is 2. The molecule has 1 aliphatic carbocycles. The smallest absolute Gasteiger partial charge is 0.267 e. The first-order chi connectivity index (χ1) is 15.5. The predicted molar refractivity (Wildman–Crippen MR) is 116 cm³/mol. The van der Waals surface area contributed by atoms with E-state index >= 15 is 0 Å². The lowest BCUT2D eigenvalue weighted by Gasteiger charge is -2.15. The Morgan fingerprint density at radius 1 is 1.16 bits per heavy atom. The van der Waals surface area contributed by atoms with Gasteiger partial charge in [0.2, 0.25) is 5.95 Å². The summed E-state index contributed by atoms with van der Waals surface area (Å²) in [5, 5.41) is 12.2. The van der Waals surface area contributed by atoms with Gasteiger partial charge in [0.1, 0.15) is 5.65 Å². The predicted octanol–water partition coefficient (Wildman–Crippen LogP) is 4.13. The molecule has 0 spiro atoms. The summed E-state index contributed by atoms with van der Waals surface area (Å²) in [6.45, 7) is -0.453. The van der Waals surface area contributed by atoms with Crippen molar-refractivity contribution in [2.45, 2.75) is 18.8 Å². The highest BCUT2D eigenvalue weighted by Gasteiger charge is 2.46. The van der Waals surface area contributed by atoms with Crippen molar-refractivity contribution in [3.63, 3.8) is 0 Å². The molecule has 32 heavy (non-hydrogen) atoms. The Labute approximate surface area is 181 Å². The van der Waals surface area contributed by atoms with Crippen molar-refractivity contribution in [3.8, 4) is 22.3 Å². The van der Waals surface area contributed by atoms with Gasteiger partial charge in [0.25, 0.3) is 5.92 Å². The summed E-state index contributed by atoms with van der Waals surface area (Å²) in [4.78, 5) is 11.8. The van der Waals surface area contributed by atoms with Gasteiger partial charge in [0, 0.05) is 59.8 Å². The van der Waals surface area contributed by atoms with Crippen LogP contribution in [0.5, 0.6) is 0 Å². The van der Waals surface area contributed by atoms with E-state index in [0.29, 0.717) is 18.5 Å². The highest BCUT2D eigenvalue weighted by atomic mass is 19.3. The van der Waals surface area contributed by atoms with E-state index in [1.165, 1.54) is 0 Å². The molecular weight excluding hydrogens is 414 g/mol. The van der Waals surface area contributed by atoms with E-state index in [0.717, 1.165) is 33.2 Å². The maximum atomic E-state index is 14.0. The van der Waals surface area contributed by atoms with Gasteiger partial charge in [-0.2, -0.15) is 15.2 Å². The van der Waals surface area contributed by atoms with Crippen LogP contribution in [0.4, 0.5) is 14.7 Å². The van der Waals surface area contributed by atoms with E-state index in [2.05, 4.69) is 36.5 Å². The van der Waals surface area contributed by atoms with E-state index in [1.807, 2.05) is 48.6 Å². The van der Waals surface area contributed by atoms with Crippen LogP contribution in [0.2, 0.25) is 0 Å². The minimum absolute atomic E-state index is 0.191. The molecule has 0 aliphatic heterocycles. The van der Waals surface area contributed by atoms with Crippen LogP contribution in [0.1, 0.15) is 12.8 Å². The molecule has 1 saturated carbocycles. The van der Waals surface area contributed by atoms with Crippen LogP contribution < -0.4 is 5.32 Å². The molecular formula is C22H20F2N8. The van der Waals surface area contributed by atoms with Crippen LogP contribution in [0, 0.1) is 5.92 Å². The van der Waals surface area contributed by atoms with Gasteiger partial charge < -0.3 is 10.3 Å². The van der Waals surface area contributed by atoms with Crippen molar-refractivity contribution >= 4 is 22.5 Å². The average Bonchev–Trinajstić information content (AvgIpc) is 3.25. The molecule has 0 saturated heterocycles. The summed E-state index contributed by atoms with van der Waals surface area (Å²) in [5.41, 5.74) is 5.41. The highest BCUT2D eigenvalue weighted by Crippen LogP contribution is 2.43. The Morgan fingerprint density at radius 2 is 2.03 bits per heavy atom. The Morgan fingerprint density at radius 3 is 2.81 bits per heavy atom. The summed E-state index contributed by atoms with van der Waals surface area (Å²) >= 11 is 0. The molecule has 2 N–H and O–H groups in total. The number of fused-ring (bicyclic) bond motifs is 2. The number of aromatic nitrogens is 7. The van der Waals surface area contributed by atoms with Gasteiger partial charge >= 0.3 is 0 Å². The maximum Gasteiger partial charge on any atom is 0.267 e. The summed E-state index contributed by atoms with van der Waals surface area (Å²) in [5.74, 6) is -3.06. The Kier molecular flexibility index (Phi) is 4.04. The van der Waals surface area contributed by atoms with E-state index in [-0.39, 0.29) is 5.95 Å². The number of halogens is 2. The minimum Gasteiger partial charge on any atom is -0.348 e. The second kappa shape index (κ2) is 6.84. The molecule has 0 amide bonds. The molecule has 8 nitrogen and oxygen atoms in total. The number of anilines is 1. The van der Waals surface area contributed by atoms with Crippen LogP contribution in [0.15, 0.2) is 49.3 Å². The van der Waals surface area contributed by atoms with Gasteiger partial charge in [-0.15, -0.1) is 0 Å². The Balaban J connectivity index is 1.33. The largest absolute Gasteiger partial charge is 0.348 e. The van der Waals surface area contributed by atoms with Gasteiger partial charge in [-0.1, -0.05) is 0 Å². The summed E-state index contributed by atoms with van der Waals surface area (Å²) in [6, 6.07) is 4.03. The molecule has 10 heteroatoms. The van der Waals surface area contributed by atoms with Gasteiger partial charge in [-0.25, -0.2) is 18.3 Å². The minimum atomic E-state index is -2.73. The molecule has 1 aliphatic rings. The van der Waals surface area contributed by atoms with Crippen LogP contribution >= 0.6 is 0 Å². The van der Waals surface area contributed by atoms with Crippen LogP contribution in [0.25, 0.3) is 38.8 Å². The molecule has 0 atom stereocenters. The standard InChI is InChI=1S/C22H20F2N8/c1-31-11-14(7-28-31)17-10-29-32-5-4-13(6-19(17)32)16-8-25-20-18(16)9-26-21(30-20)27-12-22(23,24)15-2-3-15/h4-11,15H,2-3,12H2,1H3,(H2,25,26,27,30). The van der Waals surface area contributed by atoms with E-state index in [4.69, 9.17) is 0 Å². The molecule has 0 aromatic carbocycles. The quantitative estimate of drug-likeness (QED) is 0.420. The highest BCUT2D eigenvalue weighted by molar-refractivity contribution is 5.95. The number of alkyl halides is 2. The van der Waals surface area contributed by atoms with Gasteiger partial charge in [0.05, 0.1) is 24.5 Å². The lowest BCUT2D eigenvalue weighted by molar-refractivity contribution is -0.00831. The summed E-state index contributed by atoms with van der Waals surface area (Å²) in [7, 11) is 1.88. The zero-order valence-electron chi connectivity index (χ0n) is 17.3. The normalized spacial score (nSPS) is 14.5. The average molecular weight is 434 g/mol. The first-order valence-corrected chi connectivity index (χ1v) is 10.4. The molecule has 0 bridgehead atoms. The zero-order chi connectivity index (χ0) is 21.9. The first kappa shape index (κ1) is 18.9. The number of nitrogens with one attached hydrogen (secondary N) is 2. The number of pyridine rings is 1. The number of hydrogen-bond acceptors (Lipinski definition) is 5. The number of aromatic amines is 1. The molecule has 5 aromatic heterocycles. The Bertz CT molecular complexity index is 1440. The molecule has 0 unspecified atom stereocenters. The lowest BCUT2D eigenvalue weighted by atomic mass is 10.1. The monoisotopic (exact) mass is 434 g/mol. The second-order valence-corrected chi connectivity index (χ2v) is 8.25. The third-order valence-electron chi connectivity index (χ3n) is 5.94. The molecule has 6 rings (SSSR count). The SMILES string of the molecule is Cn1cc(-c2cnn3ccc(-c4c[nH]c5nc(NCC(F)(F)C6CC6)ncc45)cc23)cn1. The fourth-order valence-electron chi connectivity index (χ4n) is 4.01. The van der Waals surface area contributed by atoms with Crippen molar-refractivity contribution < 1.29 is 8.78 Å². The van der Waals surface area contributed by atoms with Crippen molar-refractivity contribution in [1.82, 2.24) is 34.3 Å². The zero-order valence-corrected chi connectivity index (χ0v) is 17.3. The molecule has 162 valence electrons. The fourth-order valence-corrected chi connectivity index (χ4v) is 4.01. The van der Waals surface area contributed by atoms with Crippen molar-refractivity contribution in [1.29, 1.82) is 0 Å². The number of nitrogens with zero attached hydrogens (tertiary/aromatic N) is 6. The lowest BCUT2D eigenvalue weighted by Crippen LogP contribution is -2.29. The number of rotatable bonds is 6. The fraction of sp³-hybridized carbons (Fsp3) is 0.273. The van der Waals surface area contributed by atoms with Gasteiger partial charge in [-0.3, -0.25) is 4.68 Å². The summed E-state index contributed by atoms with van der Waals surface area (Å²) < 4.78 is 31.5. The van der Waals surface area contributed by atoms with E-state index in [1.54, 1.807) is 10.9 Å². The summed E-state index contributed by atoms with van der Waals surface area (Å²) in [6.07, 6.45) is 12.2. The molecule has 0 radical (unpaired) electrons. The van der Waals surface area contributed by atoms with Gasteiger partial charge in [0.15, 0.2) is 0 Å². The van der Waals surface area contributed by atoms with E-state index < -0.39 is 18.4 Å². The van der Waals surface area contributed by atoms with Crippen LogP contribution in [-0.2, 0) is 7.05 Å². The molecule has 1 fully saturated rings. The maximum absolute atomic E-state index is 14.0. The van der Waals surface area contributed by atoms with Crippen molar-refractivity contribution in [3.05, 3.63) is 49.3 Å². The van der Waals surface area contributed by atoms with Gasteiger partial charge in [-0.05, 0) is 30.5 Å². The van der Waals surface area contributed by atoms with Crippen molar-refractivity contribution in [2.24, 2.45) is 13.0 Å². The number of H-pyrrole nitrogens is 1. The third-order valence-corrected chi connectivity index (χ3v) is 5.94.